The third-order valence-corrected chi connectivity index (χ3v) is 5.84. The summed E-state index contributed by atoms with van der Waals surface area (Å²) in [6, 6.07) is 14.2. The monoisotopic (exact) mass is 478 g/mol. The summed E-state index contributed by atoms with van der Waals surface area (Å²) < 4.78 is 5.70. The third kappa shape index (κ3) is 8.36. The van der Waals surface area contributed by atoms with Crippen LogP contribution in [0.4, 0.5) is 0 Å². The fourth-order valence-electron chi connectivity index (χ4n) is 3.33. The Morgan fingerprint density at radius 3 is 2.44 bits per heavy atom. The van der Waals surface area contributed by atoms with Crippen molar-refractivity contribution in [3.63, 3.8) is 0 Å². The van der Waals surface area contributed by atoms with Gasteiger partial charge in [-0.2, -0.15) is 0 Å². The minimum absolute atomic E-state index is 0.0924. The summed E-state index contributed by atoms with van der Waals surface area (Å²) in [5.74, 6) is 0.550. The zero-order valence-corrected chi connectivity index (χ0v) is 20.3. The second kappa shape index (κ2) is 14.0. The Bertz CT molecular complexity index is 862. The van der Waals surface area contributed by atoms with Crippen LogP contribution in [-0.2, 0) is 16.1 Å². The average molecular weight is 479 g/mol. The lowest BCUT2D eigenvalue weighted by atomic mass is 10.1. The molecule has 0 radical (unpaired) electrons. The number of hydrogen-bond acceptors (Lipinski definition) is 3. The molecule has 0 aliphatic heterocycles. The van der Waals surface area contributed by atoms with Gasteiger partial charge in [0.15, 0.2) is 0 Å². The van der Waals surface area contributed by atoms with Gasteiger partial charge in [-0.25, -0.2) is 0 Å². The number of ether oxygens (including phenoxy) is 1. The Hall–Kier alpha value is -2.24. The highest BCUT2D eigenvalue weighted by atomic mass is 35.5. The van der Waals surface area contributed by atoms with Crippen molar-refractivity contribution in [3.8, 4) is 5.75 Å². The first-order valence-corrected chi connectivity index (χ1v) is 11.9. The summed E-state index contributed by atoms with van der Waals surface area (Å²) in [6.45, 7) is 5.30. The molecule has 1 unspecified atom stereocenters. The molecule has 0 spiro atoms. The third-order valence-electron chi connectivity index (χ3n) is 5.10. The van der Waals surface area contributed by atoms with Crippen LogP contribution in [-0.4, -0.2) is 35.9 Å². The summed E-state index contributed by atoms with van der Waals surface area (Å²) >= 11 is 12.2. The normalized spacial score (nSPS) is 11.6. The van der Waals surface area contributed by atoms with Gasteiger partial charge in [0.2, 0.25) is 11.8 Å². The Morgan fingerprint density at radius 1 is 1.03 bits per heavy atom. The van der Waals surface area contributed by atoms with E-state index in [0.29, 0.717) is 36.0 Å². The molecule has 5 nitrogen and oxygen atoms in total. The lowest BCUT2D eigenvalue weighted by Crippen LogP contribution is -2.49. The molecule has 1 atom stereocenters. The van der Waals surface area contributed by atoms with Crippen LogP contribution in [0.2, 0.25) is 10.0 Å². The second-order valence-electron chi connectivity index (χ2n) is 7.60. The quantitative estimate of drug-likeness (QED) is 0.365. The number of nitrogens with zero attached hydrogens (tertiary/aromatic N) is 1. The summed E-state index contributed by atoms with van der Waals surface area (Å²) in [4.78, 5) is 27.7. The number of carbonyl (C=O) groups excluding carboxylic acids is 2. The molecule has 0 aliphatic carbocycles. The number of rotatable bonds is 13. The molecule has 7 heteroatoms. The fraction of sp³-hybridized carbons (Fsp3) is 0.440. The SMILES string of the molecule is CCCCNC(=O)C(CC)N(Cc1ccc(Cl)c(Cl)c1)C(=O)CCCOc1ccccc1. The van der Waals surface area contributed by atoms with Crippen LogP contribution in [0.5, 0.6) is 5.75 Å². The van der Waals surface area contributed by atoms with E-state index < -0.39 is 6.04 Å². The van der Waals surface area contributed by atoms with Crippen molar-refractivity contribution in [2.45, 2.75) is 58.5 Å². The molecule has 2 rings (SSSR count). The van der Waals surface area contributed by atoms with E-state index in [0.717, 1.165) is 24.2 Å². The van der Waals surface area contributed by atoms with Gasteiger partial charge in [-0.05, 0) is 49.1 Å². The minimum Gasteiger partial charge on any atom is -0.494 e. The van der Waals surface area contributed by atoms with Crippen LogP contribution in [0.3, 0.4) is 0 Å². The Morgan fingerprint density at radius 2 is 1.78 bits per heavy atom. The first-order valence-electron chi connectivity index (χ1n) is 11.1. The molecule has 0 heterocycles. The molecular formula is C25H32Cl2N2O3. The van der Waals surface area contributed by atoms with Gasteiger partial charge in [0.25, 0.3) is 0 Å². The van der Waals surface area contributed by atoms with Crippen molar-refractivity contribution >= 4 is 35.0 Å². The molecule has 2 amide bonds. The maximum atomic E-state index is 13.2. The molecule has 0 bridgehead atoms. The zero-order valence-electron chi connectivity index (χ0n) is 18.8. The van der Waals surface area contributed by atoms with Gasteiger partial charge in [-0.1, -0.05) is 67.7 Å². The summed E-state index contributed by atoms with van der Waals surface area (Å²) in [5, 5.41) is 3.84. The fourth-order valence-corrected chi connectivity index (χ4v) is 3.65. The number of hydrogen-bond donors (Lipinski definition) is 1. The van der Waals surface area contributed by atoms with E-state index >= 15 is 0 Å². The number of para-hydroxylation sites is 1. The lowest BCUT2D eigenvalue weighted by Gasteiger charge is -2.31. The maximum absolute atomic E-state index is 13.2. The van der Waals surface area contributed by atoms with E-state index in [1.165, 1.54) is 0 Å². The van der Waals surface area contributed by atoms with Gasteiger partial charge in [0, 0.05) is 19.5 Å². The van der Waals surface area contributed by atoms with Crippen molar-refractivity contribution in [2.24, 2.45) is 0 Å². The molecule has 0 saturated heterocycles. The number of nitrogens with one attached hydrogen (secondary N) is 1. The molecular weight excluding hydrogens is 447 g/mol. The topological polar surface area (TPSA) is 58.6 Å². The molecule has 0 aliphatic rings. The first-order chi connectivity index (χ1) is 15.5. The molecule has 0 fully saturated rings. The van der Waals surface area contributed by atoms with E-state index in [1.54, 1.807) is 17.0 Å². The standard InChI is InChI=1S/C25H32Cl2N2O3/c1-3-5-15-28-25(31)23(4-2)29(18-19-13-14-21(26)22(27)17-19)24(30)12-9-16-32-20-10-7-6-8-11-20/h6-8,10-11,13-14,17,23H,3-5,9,12,15-16,18H2,1-2H3,(H,28,31). The highest BCUT2D eigenvalue weighted by Gasteiger charge is 2.28. The van der Waals surface area contributed by atoms with Gasteiger partial charge in [0.05, 0.1) is 16.7 Å². The largest absolute Gasteiger partial charge is 0.494 e. The predicted octanol–water partition coefficient (Wildman–Crippen LogP) is 5.88. The smallest absolute Gasteiger partial charge is 0.242 e. The Labute approximate surface area is 201 Å². The van der Waals surface area contributed by atoms with Gasteiger partial charge in [-0.15, -0.1) is 0 Å². The number of halogens is 2. The predicted molar refractivity (Wildman–Crippen MR) is 130 cm³/mol. The van der Waals surface area contributed by atoms with E-state index in [4.69, 9.17) is 27.9 Å². The van der Waals surface area contributed by atoms with Crippen molar-refractivity contribution in [3.05, 3.63) is 64.1 Å². The molecule has 32 heavy (non-hydrogen) atoms. The van der Waals surface area contributed by atoms with Crippen LogP contribution < -0.4 is 10.1 Å². The summed E-state index contributed by atoms with van der Waals surface area (Å²) in [5.41, 5.74) is 0.827. The highest BCUT2D eigenvalue weighted by molar-refractivity contribution is 6.42. The average Bonchev–Trinajstić information content (AvgIpc) is 2.79. The van der Waals surface area contributed by atoms with Crippen LogP contribution in [0.15, 0.2) is 48.5 Å². The first kappa shape index (κ1) is 26.0. The number of amides is 2. The molecule has 2 aromatic carbocycles. The molecule has 174 valence electrons. The number of benzene rings is 2. The van der Waals surface area contributed by atoms with Crippen molar-refractivity contribution in [1.82, 2.24) is 10.2 Å². The van der Waals surface area contributed by atoms with Gasteiger partial charge < -0.3 is 15.0 Å². The highest BCUT2D eigenvalue weighted by Crippen LogP contribution is 2.24. The second-order valence-corrected chi connectivity index (χ2v) is 8.42. The molecule has 0 saturated carbocycles. The van der Waals surface area contributed by atoms with Gasteiger partial charge >= 0.3 is 0 Å². The molecule has 1 N–H and O–H groups in total. The van der Waals surface area contributed by atoms with Gasteiger partial charge in [0.1, 0.15) is 11.8 Å². The van der Waals surface area contributed by atoms with Crippen molar-refractivity contribution < 1.29 is 14.3 Å². The molecule has 2 aromatic rings. The maximum Gasteiger partial charge on any atom is 0.242 e. The van der Waals surface area contributed by atoms with Crippen molar-refractivity contribution in [1.29, 1.82) is 0 Å². The van der Waals surface area contributed by atoms with E-state index in [9.17, 15) is 9.59 Å². The zero-order chi connectivity index (χ0) is 23.3. The van der Waals surface area contributed by atoms with E-state index in [2.05, 4.69) is 12.2 Å². The lowest BCUT2D eigenvalue weighted by molar-refractivity contribution is -0.141. The van der Waals surface area contributed by atoms with Crippen LogP contribution >= 0.6 is 23.2 Å². The minimum atomic E-state index is -0.552. The Kier molecular flexibility index (Phi) is 11.4. The van der Waals surface area contributed by atoms with E-state index in [-0.39, 0.29) is 24.8 Å². The Balaban J connectivity index is 2.07. The summed E-state index contributed by atoms with van der Waals surface area (Å²) in [7, 11) is 0. The van der Waals surface area contributed by atoms with Crippen LogP contribution in [0.1, 0.15) is 51.5 Å². The van der Waals surface area contributed by atoms with Gasteiger partial charge in [-0.3, -0.25) is 9.59 Å². The van der Waals surface area contributed by atoms with Crippen molar-refractivity contribution in [2.75, 3.05) is 13.2 Å². The molecule has 0 aromatic heterocycles. The van der Waals surface area contributed by atoms with Crippen LogP contribution in [0, 0.1) is 0 Å². The van der Waals surface area contributed by atoms with Crippen LogP contribution in [0.25, 0.3) is 0 Å². The number of unbranched alkanes of at least 4 members (excludes halogenated alkanes) is 1. The summed E-state index contributed by atoms with van der Waals surface area (Å²) in [6.07, 6.45) is 3.25. The number of carbonyl (C=O) groups is 2. The van der Waals surface area contributed by atoms with E-state index in [1.807, 2.05) is 43.3 Å².